The monoisotopic (exact) mass is 213 g/mol. The molecule has 0 heterocycles. The minimum absolute atomic E-state index is 0.00228. The number of Topliss-reactive ketones (excluding diaryl/α,β-unsaturated/α-hetero) is 1. The molecule has 1 aromatic rings. The predicted molar refractivity (Wildman–Crippen MR) is 56.0 cm³/mol. The van der Waals surface area contributed by atoms with Crippen LogP contribution < -0.4 is 10.5 Å². The first-order chi connectivity index (χ1) is 6.69. The molecule has 0 aromatic heterocycles. The second kappa shape index (κ2) is 4.98. The molecular weight excluding hydrogens is 202 g/mol. The Hall–Kier alpha value is -1.06. The maximum atomic E-state index is 11.4. The Bertz CT molecular complexity index is 339. The van der Waals surface area contributed by atoms with Crippen LogP contribution in [0.5, 0.6) is 5.75 Å². The van der Waals surface area contributed by atoms with E-state index in [1.54, 1.807) is 18.2 Å². The van der Waals surface area contributed by atoms with Crippen LogP contribution in [0.15, 0.2) is 18.2 Å². The lowest BCUT2D eigenvalue weighted by molar-refractivity contribution is 0.0985. The minimum atomic E-state index is 0.00228. The zero-order valence-electron chi connectivity index (χ0n) is 7.92. The molecule has 0 saturated carbocycles. The Morgan fingerprint density at radius 2 is 2.29 bits per heavy atom. The van der Waals surface area contributed by atoms with Gasteiger partial charge in [0.1, 0.15) is 5.75 Å². The molecule has 3 nitrogen and oxygen atoms in total. The lowest BCUT2D eigenvalue weighted by Crippen LogP contribution is -2.08. The van der Waals surface area contributed by atoms with Gasteiger partial charge in [-0.15, -0.1) is 0 Å². The topological polar surface area (TPSA) is 52.3 Å². The summed E-state index contributed by atoms with van der Waals surface area (Å²) in [6.45, 7) is 0.351. The van der Waals surface area contributed by atoms with E-state index >= 15 is 0 Å². The quantitative estimate of drug-likeness (QED) is 0.777. The van der Waals surface area contributed by atoms with E-state index in [0.29, 0.717) is 29.3 Å². The molecule has 0 aliphatic carbocycles. The molecule has 0 fully saturated rings. The number of benzene rings is 1. The minimum Gasteiger partial charge on any atom is -0.495 e. The fourth-order valence-electron chi connectivity index (χ4n) is 1.11. The van der Waals surface area contributed by atoms with Crippen LogP contribution in [0.2, 0.25) is 5.02 Å². The van der Waals surface area contributed by atoms with Gasteiger partial charge in [0.25, 0.3) is 0 Å². The average molecular weight is 214 g/mol. The highest BCUT2D eigenvalue weighted by atomic mass is 35.5. The molecule has 0 atom stereocenters. The Morgan fingerprint density at radius 3 is 2.86 bits per heavy atom. The molecule has 0 saturated heterocycles. The standard InChI is InChI=1S/C10H12ClNO2/c1-14-10-6-7(2-3-8(10)11)9(13)4-5-12/h2-3,6H,4-5,12H2,1H3. The number of carbonyl (C=O) groups excluding carboxylic acids is 1. The van der Waals surface area contributed by atoms with Gasteiger partial charge in [0.2, 0.25) is 0 Å². The summed E-state index contributed by atoms with van der Waals surface area (Å²) in [6.07, 6.45) is 0.338. The van der Waals surface area contributed by atoms with Crippen molar-refractivity contribution in [3.63, 3.8) is 0 Å². The summed E-state index contributed by atoms with van der Waals surface area (Å²) in [6, 6.07) is 4.94. The maximum Gasteiger partial charge on any atom is 0.164 e. The number of hydrogen-bond donors (Lipinski definition) is 1. The highest BCUT2D eigenvalue weighted by Gasteiger charge is 2.08. The molecule has 0 radical (unpaired) electrons. The lowest BCUT2D eigenvalue weighted by atomic mass is 10.1. The number of rotatable bonds is 4. The molecule has 1 aromatic carbocycles. The van der Waals surface area contributed by atoms with Gasteiger partial charge in [0, 0.05) is 12.0 Å². The number of halogens is 1. The summed E-state index contributed by atoms with van der Waals surface area (Å²) in [4.78, 5) is 11.4. The number of ether oxygens (including phenoxy) is 1. The van der Waals surface area contributed by atoms with Crippen LogP contribution in [-0.4, -0.2) is 19.4 Å². The number of methoxy groups -OCH3 is 1. The first-order valence-electron chi connectivity index (χ1n) is 4.26. The van der Waals surface area contributed by atoms with Gasteiger partial charge in [0.15, 0.2) is 5.78 Å². The van der Waals surface area contributed by atoms with Crippen LogP contribution in [0.1, 0.15) is 16.8 Å². The second-order valence-electron chi connectivity index (χ2n) is 2.81. The number of carbonyl (C=O) groups is 1. The van der Waals surface area contributed by atoms with Crippen molar-refractivity contribution in [3.8, 4) is 5.75 Å². The van der Waals surface area contributed by atoms with Crippen molar-refractivity contribution in [3.05, 3.63) is 28.8 Å². The summed E-state index contributed by atoms with van der Waals surface area (Å²) in [5.74, 6) is 0.511. The van der Waals surface area contributed by atoms with Crippen molar-refractivity contribution in [1.29, 1.82) is 0 Å². The molecule has 76 valence electrons. The van der Waals surface area contributed by atoms with E-state index in [4.69, 9.17) is 22.1 Å². The van der Waals surface area contributed by atoms with Gasteiger partial charge in [-0.3, -0.25) is 4.79 Å². The van der Waals surface area contributed by atoms with Crippen LogP contribution in [0, 0.1) is 0 Å². The molecule has 4 heteroatoms. The van der Waals surface area contributed by atoms with Gasteiger partial charge < -0.3 is 10.5 Å². The predicted octanol–water partition coefficient (Wildman–Crippen LogP) is 1.88. The lowest BCUT2D eigenvalue weighted by Gasteiger charge is -2.05. The Labute approximate surface area is 87.8 Å². The normalized spacial score (nSPS) is 9.93. The van der Waals surface area contributed by atoms with E-state index in [9.17, 15) is 4.79 Å². The molecule has 0 aliphatic rings. The summed E-state index contributed by atoms with van der Waals surface area (Å²) >= 11 is 5.82. The molecule has 1 rings (SSSR count). The molecular formula is C10H12ClNO2. The van der Waals surface area contributed by atoms with Crippen molar-refractivity contribution < 1.29 is 9.53 Å². The van der Waals surface area contributed by atoms with Gasteiger partial charge in [-0.2, -0.15) is 0 Å². The SMILES string of the molecule is COc1cc(C(=O)CCN)ccc1Cl. The molecule has 0 bridgehead atoms. The van der Waals surface area contributed by atoms with Crippen molar-refractivity contribution in [1.82, 2.24) is 0 Å². The summed E-state index contributed by atoms with van der Waals surface area (Å²) in [5, 5.41) is 0.497. The molecule has 0 aliphatic heterocycles. The van der Waals surface area contributed by atoms with Gasteiger partial charge in [-0.1, -0.05) is 11.6 Å². The van der Waals surface area contributed by atoms with Crippen LogP contribution in [0.4, 0.5) is 0 Å². The van der Waals surface area contributed by atoms with E-state index in [0.717, 1.165) is 0 Å². The van der Waals surface area contributed by atoms with Gasteiger partial charge >= 0.3 is 0 Å². The Kier molecular flexibility index (Phi) is 3.92. The van der Waals surface area contributed by atoms with Crippen LogP contribution in [0.3, 0.4) is 0 Å². The summed E-state index contributed by atoms with van der Waals surface area (Å²) in [5.41, 5.74) is 5.87. The van der Waals surface area contributed by atoms with E-state index < -0.39 is 0 Å². The zero-order chi connectivity index (χ0) is 10.6. The van der Waals surface area contributed by atoms with Gasteiger partial charge in [0.05, 0.1) is 12.1 Å². The van der Waals surface area contributed by atoms with Crippen LogP contribution >= 0.6 is 11.6 Å². The number of nitrogens with two attached hydrogens (primary N) is 1. The third kappa shape index (κ3) is 2.47. The van der Waals surface area contributed by atoms with Crippen LogP contribution in [-0.2, 0) is 0 Å². The van der Waals surface area contributed by atoms with Gasteiger partial charge in [-0.25, -0.2) is 0 Å². The number of ketones is 1. The third-order valence-electron chi connectivity index (χ3n) is 1.84. The molecule has 0 amide bonds. The third-order valence-corrected chi connectivity index (χ3v) is 2.16. The van der Waals surface area contributed by atoms with E-state index in [1.165, 1.54) is 7.11 Å². The maximum absolute atomic E-state index is 11.4. The van der Waals surface area contributed by atoms with Crippen molar-refractivity contribution in [2.24, 2.45) is 5.73 Å². The Morgan fingerprint density at radius 1 is 1.57 bits per heavy atom. The molecule has 14 heavy (non-hydrogen) atoms. The largest absolute Gasteiger partial charge is 0.495 e. The summed E-state index contributed by atoms with van der Waals surface area (Å²) in [7, 11) is 1.51. The van der Waals surface area contributed by atoms with Crippen LogP contribution in [0.25, 0.3) is 0 Å². The van der Waals surface area contributed by atoms with Crippen molar-refractivity contribution in [2.45, 2.75) is 6.42 Å². The number of hydrogen-bond acceptors (Lipinski definition) is 3. The fraction of sp³-hybridized carbons (Fsp3) is 0.300. The first kappa shape index (κ1) is 11.0. The highest BCUT2D eigenvalue weighted by Crippen LogP contribution is 2.25. The zero-order valence-corrected chi connectivity index (χ0v) is 8.67. The first-order valence-corrected chi connectivity index (χ1v) is 4.63. The molecule has 2 N–H and O–H groups in total. The Balaban J connectivity index is 2.94. The van der Waals surface area contributed by atoms with Crippen molar-refractivity contribution >= 4 is 17.4 Å². The van der Waals surface area contributed by atoms with E-state index in [-0.39, 0.29) is 5.78 Å². The molecule has 0 unspecified atom stereocenters. The van der Waals surface area contributed by atoms with Gasteiger partial charge in [-0.05, 0) is 24.7 Å². The van der Waals surface area contributed by atoms with E-state index in [2.05, 4.69) is 0 Å². The second-order valence-corrected chi connectivity index (χ2v) is 3.22. The average Bonchev–Trinajstić information content (AvgIpc) is 2.19. The summed E-state index contributed by atoms with van der Waals surface area (Å²) < 4.78 is 5.00. The fourth-order valence-corrected chi connectivity index (χ4v) is 1.30. The van der Waals surface area contributed by atoms with E-state index in [1.807, 2.05) is 0 Å². The highest BCUT2D eigenvalue weighted by molar-refractivity contribution is 6.32. The smallest absolute Gasteiger partial charge is 0.164 e. The van der Waals surface area contributed by atoms with Crippen molar-refractivity contribution in [2.75, 3.05) is 13.7 Å². The molecule has 0 spiro atoms.